The minimum Gasteiger partial charge on any atom is -0.296 e. The maximum atomic E-state index is 14.1. The van der Waals surface area contributed by atoms with Gasteiger partial charge in [0.1, 0.15) is 22.7 Å². The Morgan fingerprint density at radius 1 is 1.14 bits per heavy atom. The molecule has 1 aliphatic rings. The summed E-state index contributed by atoms with van der Waals surface area (Å²) >= 11 is 6.41. The molecular formula is C21H15ClF7N5OS. The Labute approximate surface area is 208 Å². The van der Waals surface area contributed by atoms with E-state index < -0.39 is 35.7 Å². The van der Waals surface area contributed by atoms with Crippen LogP contribution in [0.3, 0.4) is 0 Å². The summed E-state index contributed by atoms with van der Waals surface area (Å²) in [5.41, 5.74) is -1.90. The molecule has 192 valence electrons. The summed E-state index contributed by atoms with van der Waals surface area (Å²) in [7, 11) is 0. The Morgan fingerprint density at radius 3 is 2.53 bits per heavy atom. The van der Waals surface area contributed by atoms with Crippen LogP contribution in [-0.2, 0) is 12.7 Å². The topological polar surface area (TPSA) is 71.0 Å². The van der Waals surface area contributed by atoms with Crippen molar-refractivity contribution in [1.29, 1.82) is 0 Å². The number of likely N-dealkylation sites (tertiary alicyclic amines) is 1. The van der Waals surface area contributed by atoms with Gasteiger partial charge in [0, 0.05) is 17.0 Å². The molecule has 6 nitrogen and oxygen atoms in total. The maximum absolute atomic E-state index is 14.1. The summed E-state index contributed by atoms with van der Waals surface area (Å²) in [5, 5.41) is 2.31. The van der Waals surface area contributed by atoms with Gasteiger partial charge in [0.25, 0.3) is 5.91 Å². The highest BCUT2D eigenvalue weighted by Crippen LogP contribution is 2.39. The number of hydrogen-bond donors (Lipinski definition) is 1. The van der Waals surface area contributed by atoms with Gasteiger partial charge in [-0.25, -0.2) is 19.3 Å². The Hall–Kier alpha value is -2.84. The molecule has 3 heterocycles. The monoisotopic (exact) mass is 553 g/mol. The molecule has 0 aliphatic carbocycles. The summed E-state index contributed by atoms with van der Waals surface area (Å²) < 4.78 is 94.3. The molecule has 1 aromatic carbocycles. The first-order valence-corrected chi connectivity index (χ1v) is 11.5. The van der Waals surface area contributed by atoms with Crippen LogP contribution in [0.1, 0.15) is 33.8 Å². The van der Waals surface area contributed by atoms with Crippen molar-refractivity contribution < 1.29 is 35.5 Å². The van der Waals surface area contributed by atoms with Crippen molar-refractivity contribution in [1.82, 2.24) is 19.9 Å². The van der Waals surface area contributed by atoms with Crippen LogP contribution < -0.4 is 5.32 Å². The molecule has 0 radical (unpaired) electrons. The van der Waals surface area contributed by atoms with Crippen LogP contribution >= 0.6 is 22.9 Å². The van der Waals surface area contributed by atoms with Gasteiger partial charge in [-0.1, -0.05) is 22.9 Å². The van der Waals surface area contributed by atoms with E-state index in [0.717, 1.165) is 34.7 Å². The van der Waals surface area contributed by atoms with E-state index in [4.69, 9.17) is 11.6 Å². The molecule has 1 fully saturated rings. The molecule has 3 aromatic rings. The second-order valence-electron chi connectivity index (χ2n) is 7.87. The minimum absolute atomic E-state index is 0.0294. The SMILES string of the molecule is O=C(Nc1nc(-c2cc(F)cc(C(F)(F)F)c2)c(CN2CCC[C@H]2C(F)(F)F)s1)c1cnc(Cl)cn1. The van der Waals surface area contributed by atoms with Crippen LogP contribution in [0.25, 0.3) is 11.3 Å². The van der Waals surface area contributed by atoms with Gasteiger partial charge in [-0.05, 0) is 37.6 Å². The average Bonchev–Trinajstić information content (AvgIpc) is 3.40. The quantitative estimate of drug-likeness (QED) is 0.382. The zero-order valence-corrected chi connectivity index (χ0v) is 19.5. The van der Waals surface area contributed by atoms with Crippen LogP contribution in [0.15, 0.2) is 30.6 Å². The molecule has 1 atom stereocenters. The first-order chi connectivity index (χ1) is 16.8. The Morgan fingerprint density at radius 2 is 1.89 bits per heavy atom. The lowest BCUT2D eigenvalue weighted by atomic mass is 10.1. The number of halogens is 8. The van der Waals surface area contributed by atoms with Crippen molar-refractivity contribution >= 4 is 34.0 Å². The number of carbonyl (C=O) groups excluding carboxylic acids is 1. The van der Waals surface area contributed by atoms with Crippen LogP contribution in [0, 0.1) is 5.82 Å². The lowest BCUT2D eigenvalue weighted by Gasteiger charge is -2.26. The number of aromatic nitrogens is 3. The molecule has 0 spiro atoms. The first kappa shape index (κ1) is 26.2. The predicted octanol–water partition coefficient (Wildman–Crippen LogP) is 6.19. The molecule has 15 heteroatoms. The fraction of sp³-hybridized carbons (Fsp3) is 0.333. The number of hydrogen-bond acceptors (Lipinski definition) is 6. The molecule has 36 heavy (non-hydrogen) atoms. The first-order valence-electron chi connectivity index (χ1n) is 10.3. The molecule has 1 aliphatic heterocycles. The standard InChI is InChI=1S/C21H15ClF7N5OS/c22-16-8-30-13(7-31-16)18(35)33-19-32-17(10-4-11(20(24,25)26)6-12(23)5-10)14(36-19)9-34-3-1-2-15(34)21(27,28)29/h4-8,15H,1-3,9H2,(H,32,33,35)/t15-/m0/s1. The van der Waals surface area contributed by atoms with E-state index in [0.29, 0.717) is 12.1 Å². The lowest BCUT2D eigenvalue weighted by molar-refractivity contribution is -0.177. The van der Waals surface area contributed by atoms with Gasteiger partial charge in [0.2, 0.25) is 0 Å². The van der Waals surface area contributed by atoms with E-state index >= 15 is 0 Å². The molecule has 4 rings (SSSR count). The van der Waals surface area contributed by atoms with Crippen LogP contribution in [0.2, 0.25) is 5.15 Å². The number of rotatable bonds is 5. The number of carbonyl (C=O) groups is 1. The summed E-state index contributed by atoms with van der Waals surface area (Å²) in [5.74, 6) is -1.98. The molecule has 2 aromatic heterocycles. The lowest BCUT2D eigenvalue weighted by Crippen LogP contribution is -2.40. The van der Waals surface area contributed by atoms with Gasteiger partial charge < -0.3 is 0 Å². The highest BCUT2D eigenvalue weighted by molar-refractivity contribution is 7.16. The second kappa shape index (κ2) is 9.90. The van der Waals surface area contributed by atoms with Crippen molar-refractivity contribution in [2.45, 2.75) is 37.8 Å². The Kier molecular flexibility index (Phi) is 7.21. The third-order valence-electron chi connectivity index (χ3n) is 5.36. The van der Waals surface area contributed by atoms with Gasteiger partial charge in [0.05, 0.1) is 23.7 Å². The van der Waals surface area contributed by atoms with E-state index in [1.807, 2.05) is 0 Å². The Bertz CT molecular complexity index is 1260. The van der Waals surface area contributed by atoms with E-state index in [-0.39, 0.29) is 58.0 Å². The van der Waals surface area contributed by atoms with Gasteiger partial charge in [-0.2, -0.15) is 26.3 Å². The van der Waals surface area contributed by atoms with Gasteiger partial charge in [-0.3, -0.25) is 15.0 Å². The number of thiazole rings is 1. The minimum atomic E-state index is -4.87. The normalized spacial score (nSPS) is 16.9. The predicted molar refractivity (Wildman–Crippen MR) is 117 cm³/mol. The van der Waals surface area contributed by atoms with E-state index in [1.54, 1.807) is 0 Å². The van der Waals surface area contributed by atoms with Crippen molar-refractivity contribution in [3.63, 3.8) is 0 Å². The van der Waals surface area contributed by atoms with E-state index in [2.05, 4.69) is 20.3 Å². The number of benzene rings is 1. The largest absolute Gasteiger partial charge is 0.416 e. The zero-order valence-electron chi connectivity index (χ0n) is 17.9. The fourth-order valence-electron chi connectivity index (χ4n) is 3.79. The van der Waals surface area contributed by atoms with Crippen molar-refractivity contribution in [2.24, 2.45) is 0 Å². The highest BCUT2D eigenvalue weighted by Gasteiger charge is 2.46. The van der Waals surface area contributed by atoms with Crippen LogP contribution in [0.4, 0.5) is 35.9 Å². The number of amides is 1. The van der Waals surface area contributed by atoms with Crippen molar-refractivity contribution in [3.8, 4) is 11.3 Å². The molecule has 1 amide bonds. The number of alkyl halides is 6. The smallest absolute Gasteiger partial charge is 0.296 e. The van der Waals surface area contributed by atoms with Gasteiger partial charge >= 0.3 is 12.4 Å². The third kappa shape index (κ3) is 5.93. The maximum Gasteiger partial charge on any atom is 0.416 e. The summed E-state index contributed by atoms with van der Waals surface area (Å²) in [6, 6.07) is 0.0174. The number of nitrogens with one attached hydrogen (secondary N) is 1. The van der Waals surface area contributed by atoms with Gasteiger partial charge in [0.15, 0.2) is 5.13 Å². The molecule has 0 saturated carbocycles. The molecule has 1 saturated heterocycles. The fourth-order valence-corrected chi connectivity index (χ4v) is 4.89. The highest BCUT2D eigenvalue weighted by atomic mass is 35.5. The van der Waals surface area contributed by atoms with Crippen LogP contribution in [0.5, 0.6) is 0 Å². The summed E-state index contributed by atoms with van der Waals surface area (Å²) in [6.07, 6.45) is -7.04. The second-order valence-corrected chi connectivity index (χ2v) is 9.34. The summed E-state index contributed by atoms with van der Waals surface area (Å²) in [6.45, 7) is -0.216. The van der Waals surface area contributed by atoms with Crippen LogP contribution in [-0.4, -0.2) is 44.5 Å². The molecule has 1 N–H and O–H groups in total. The van der Waals surface area contributed by atoms with Crippen molar-refractivity contribution in [2.75, 3.05) is 11.9 Å². The number of nitrogens with zero attached hydrogens (tertiary/aromatic N) is 4. The number of anilines is 1. The Balaban J connectivity index is 1.72. The zero-order chi connectivity index (χ0) is 26.3. The molecular weight excluding hydrogens is 539 g/mol. The molecule has 0 unspecified atom stereocenters. The summed E-state index contributed by atoms with van der Waals surface area (Å²) in [4.78, 5) is 25.4. The average molecular weight is 554 g/mol. The molecule has 0 bridgehead atoms. The van der Waals surface area contributed by atoms with E-state index in [9.17, 15) is 35.5 Å². The van der Waals surface area contributed by atoms with Gasteiger partial charge in [-0.15, -0.1) is 0 Å². The third-order valence-corrected chi connectivity index (χ3v) is 6.51. The van der Waals surface area contributed by atoms with Crippen molar-refractivity contribution in [3.05, 3.63) is 57.7 Å². The van der Waals surface area contributed by atoms with E-state index in [1.165, 1.54) is 0 Å².